The van der Waals surface area contributed by atoms with Gasteiger partial charge in [-0.15, -0.1) is 0 Å². The maximum Gasteiger partial charge on any atom is 0.255 e. The number of aryl methyl sites for hydroxylation is 1. The van der Waals surface area contributed by atoms with Crippen molar-refractivity contribution in [2.24, 2.45) is 0 Å². The van der Waals surface area contributed by atoms with Crippen molar-refractivity contribution in [3.8, 4) is 0 Å². The number of piperazine rings is 1. The molecule has 192 valence electrons. The van der Waals surface area contributed by atoms with Gasteiger partial charge in [0, 0.05) is 72.6 Å². The van der Waals surface area contributed by atoms with Crippen molar-refractivity contribution < 1.29 is 9.59 Å². The summed E-state index contributed by atoms with van der Waals surface area (Å²) in [4.78, 5) is 34.3. The normalized spacial score (nSPS) is 14.6. The SMILES string of the molecule is CCN1CCN(Cc2ccc(C(=O)Nc3ccc(C)c(NC(=O)C=Cc4cccnc4)c3)cc2Br)CC1. The topological polar surface area (TPSA) is 77.6 Å². The number of amides is 2. The van der Waals surface area contributed by atoms with Gasteiger partial charge < -0.3 is 15.5 Å². The number of hydrogen-bond donors (Lipinski definition) is 2. The quantitative estimate of drug-likeness (QED) is 0.370. The van der Waals surface area contributed by atoms with E-state index in [0.29, 0.717) is 16.9 Å². The zero-order valence-corrected chi connectivity index (χ0v) is 22.8. The molecule has 0 spiro atoms. The molecule has 0 radical (unpaired) electrons. The molecule has 0 unspecified atom stereocenters. The fraction of sp³-hybridized carbons (Fsp3) is 0.276. The van der Waals surface area contributed by atoms with Crippen LogP contribution >= 0.6 is 15.9 Å². The highest BCUT2D eigenvalue weighted by Crippen LogP contribution is 2.24. The summed E-state index contributed by atoms with van der Waals surface area (Å²) in [5.41, 5.74) is 4.72. The minimum Gasteiger partial charge on any atom is -0.322 e. The van der Waals surface area contributed by atoms with E-state index in [-0.39, 0.29) is 11.8 Å². The second-order valence-corrected chi connectivity index (χ2v) is 9.96. The second-order valence-electron chi connectivity index (χ2n) is 9.11. The summed E-state index contributed by atoms with van der Waals surface area (Å²) in [6.07, 6.45) is 6.53. The molecule has 1 fully saturated rings. The maximum atomic E-state index is 13.0. The molecule has 1 saturated heterocycles. The van der Waals surface area contributed by atoms with Gasteiger partial charge in [-0.25, -0.2) is 0 Å². The van der Waals surface area contributed by atoms with Crippen LogP contribution < -0.4 is 10.6 Å². The smallest absolute Gasteiger partial charge is 0.255 e. The summed E-state index contributed by atoms with van der Waals surface area (Å²) in [7, 11) is 0. The molecule has 3 aromatic rings. The van der Waals surface area contributed by atoms with E-state index in [1.165, 1.54) is 11.6 Å². The van der Waals surface area contributed by atoms with Crippen molar-refractivity contribution in [1.29, 1.82) is 0 Å². The van der Waals surface area contributed by atoms with Gasteiger partial charge in [-0.3, -0.25) is 19.5 Å². The van der Waals surface area contributed by atoms with Gasteiger partial charge in [0.25, 0.3) is 5.91 Å². The average Bonchev–Trinajstić information content (AvgIpc) is 2.91. The Kier molecular flexibility index (Phi) is 9.22. The Labute approximate surface area is 226 Å². The molecule has 2 N–H and O–H groups in total. The maximum absolute atomic E-state index is 13.0. The van der Waals surface area contributed by atoms with Crippen LogP contribution in [-0.4, -0.2) is 59.3 Å². The first-order chi connectivity index (χ1) is 17.9. The molecular formula is C29H32BrN5O2. The van der Waals surface area contributed by atoms with Crippen molar-refractivity contribution in [2.75, 3.05) is 43.4 Å². The molecule has 7 nitrogen and oxygen atoms in total. The highest BCUT2D eigenvalue weighted by Gasteiger charge is 2.17. The van der Waals surface area contributed by atoms with Gasteiger partial charge in [-0.2, -0.15) is 0 Å². The number of nitrogens with one attached hydrogen (secondary N) is 2. The lowest BCUT2D eigenvalue weighted by atomic mass is 10.1. The van der Waals surface area contributed by atoms with Gasteiger partial charge in [0.15, 0.2) is 0 Å². The number of rotatable bonds is 8. The fourth-order valence-corrected chi connectivity index (χ4v) is 4.68. The summed E-state index contributed by atoms with van der Waals surface area (Å²) in [6, 6.07) is 14.9. The summed E-state index contributed by atoms with van der Waals surface area (Å²) >= 11 is 3.66. The zero-order valence-electron chi connectivity index (χ0n) is 21.2. The Hall–Kier alpha value is -3.33. The lowest BCUT2D eigenvalue weighted by molar-refractivity contribution is -0.111. The Bertz CT molecular complexity index is 1270. The third-order valence-corrected chi connectivity index (χ3v) is 7.22. The summed E-state index contributed by atoms with van der Waals surface area (Å²) in [5.74, 6) is -0.465. The molecular weight excluding hydrogens is 530 g/mol. The van der Waals surface area contributed by atoms with Crippen LogP contribution in [-0.2, 0) is 11.3 Å². The van der Waals surface area contributed by atoms with Crippen LogP contribution in [0.4, 0.5) is 11.4 Å². The van der Waals surface area contributed by atoms with Crippen molar-refractivity contribution in [2.45, 2.75) is 20.4 Å². The Balaban J connectivity index is 1.37. The number of carbonyl (C=O) groups excluding carboxylic acids is 2. The van der Waals surface area contributed by atoms with Gasteiger partial charge in [0.2, 0.25) is 5.91 Å². The first-order valence-electron chi connectivity index (χ1n) is 12.5. The summed E-state index contributed by atoms with van der Waals surface area (Å²) in [5, 5.41) is 5.83. The van der Waals surface area contributed by atoms with Crippen LogP contribution in [0.2, 0.25) is 0 Å². The van der Waals surface area contributed by atoms with Gasteiger partial charge in [0.1, 0.15) is 0 Å². The molecule has 2 heterocycles. The van der Waals surface area contributed by atoms with Crippen LogP contribution in [0.3, 0.4) is 0 Å². The molecule has 1 aliphatic heterocycles. The Morgan fingerprint density at radius 2 is 1.81 bits per heavy atom. The van der Waals surface area contributed by atoms with Crippen LogP contribution in [0.15, 0.2) is 71.5 Å². The van der Waals surface area contributed by atoms with E-state index in [1.807, 2.05) is 49.4 Å². The average molecular weight is 563 g/mol. The van der Waals surface area contributed by atoms with Crippen LogP contribution in [0.5, 0.6) is 0 Å². The van der Waals surface area contributed by atoms with E-state index in [2.05, 4.69) is 48.3 Å². The number of carbonyl (C=O) groups is 2. The number of benzene rings is 2. The predicted octanol–water partition coefficient (Wildman–Crippen LogP) is 5.19. The number of anilines is 2. The lowest BCUT2D eigenvalue weighted by Gasteiger charge is -2.34. The molecule has 2 amide bonds. The van der Waals surface area contributed by atoms with E-state index in [0.717, 1.165) is 54.9 Å². The molecule has 0 bridgehead atoms. The van der Waals surface area contributed by atoms with E-state index >= 15 is 0 Å². The molecule has 0 saturated carbocycles. The van der Waals surface area contributed by atoms with Gasteiger partial charge in [-0.05, 0) is 66.6 Å². The van der Waals surface area contributed by atoms with Crippen LogP contribution in [0.25, 0.3) is 6.08 Å². The molecule has 0 aliphatic carbocycles. The number of likely N-dealkylation sites (N-methyl/N-ethyl adjacent to an activating group) is 1. The molecule has 37 heavy (non-hydrogen) atoms. The second kappa shape index (κ2) is 12.8. The number of hydrogen-bond acceptors (Lipinski definition) is 5. The molecule has 1 aliphatic rings. The number of pyridine rings is 1. The largest absolute Gasteiger partial charge is 0.322 e. The summed E-state index contributed by atoms with van der Waals surface area (Å²) in [6.45, 7) is 10.3. The van der Waals surface area contributed by atoms with Gasteiger partial charge >= 0.3 is 0 Å². The molecule has 8 heteroatoms. The Morgan fingerprint density at radius 3 is 2.51 bits per heavy atom. The van der Waals surface area contributed by atoms with Crippen LogP contribution in [0.1, 0.15) is 34.0 Å². The van der Waals surface area contributed by atoms with Crippen molar-refractivity contribution >= 4 is 45.2 Å². The minimum atomic E-state index is -0.258. The van der Waals surface area contributed by atoms with Crippen molar-refractivity contribution in [1.82, 2.24) is 14.8 Å². The van der Waals surface area contributed by atoms with Gasteiger partial charge in [-0.1, -0.05) is 41.1 Å². The predicted molar refractivity (Wildman–Crippen MR) is 153 cm³/mol. The zero-order chi connectivity index (χ0) is 26.2. The first-order valence-corrected chi connectivity index (χ1v) is 13.2. The third kappa shape index (κ3) is 7.58. The highest BCUT2D eigenvalue weighted by molar-refractivity contribution is 9.10. The molecule has 1 aromatic heterocycles. The standard InChI is InChI=1S/C29H32BrN5O2/c1-3-34-13-15-35(16-14-34)20-24-9-8-23(17-26(24)30)29(37)32-25-10-6-21(2)27(18-25)33-28(36)11-7-22-5-4-12-31-19-22/h4-12,17-19H,3,13-16,20H2,1-2H3,(H,32,37)(H,33,36). The van der Waals surface area contributed by atoms with Crippen molar-refractivity contribution in [3.63, 3.8) is 0 Å². The van der Waals surface area contributed by atoms with E-state index < -0.39 is 0 Å². The fourth-order valence-electron chi connectivity index (χ4n) is 4.18. The molecule has 2 aromatic carbocycles. The van der Waals surface area contributed by atoms with E-state index in [4.69, 9.17) is 0 Å². The minimum absolute atomic E-state index is 0.207. The third-order valence-electron chi connectivity index (χ3n) is 6.49. The van der Waals surface area contributed by atoms with Crippen LogP contribution in [0, 0.1) is 6.92 Å². The first kappa shape index (κ1) is 26.7. The van der Waals surface area contributed by atoms with E-state index in [1.54, 1.807) is 24.5 Å². The highest BCUT2D eigenvalue weighted by atomic mass is 79.9. The lowest BCUT2D eigenvalue weighted by Crippen LogP contribution is -2.45. The van der Waals surface area contributed by atoms with E-state index in [9.17, 15) is 9.59 Å². The molecule has 0 atom stereocenters. The monoisotopic (exact) mass is 561 g/mol. The number of aromatic nitrogens is 1. The van der Waals surface area contributed by atoms with Crippen molar-refractivity contribution in [3.05, 3.63) is 93.7 Å². The van der Waals surface area contributed by atoms with Gasteiger partial charge in [0.05, 0.1) is 0 Å². The molecule has 4 rings (SSSR count). The number of halogens is 1. The Morgan fingerprint density at radius 1 is 1.03 bits per heavy atom. The summed E-state index contributed by atoms with van der Waals surface area (Å²) < 4.78 is 0.926. The number of nitrogens with zero attached hydrogens (tertiary/aromatic N) is 3.